The Labute approximate surface area is 161 Å². The highest BCUT2D eigenvalue weighted by atomic mass is 16.7. The number of nitrogens with one attached hydrogen (secondary N) is 1. The molecule has 7 nitrogen and oxygen atoms in total. The number of rotatable bonds is 6. The van der Waals surface area contributed by atoms with E-state index in [0.29, 0.717) is 35.6 Å². The first-order valence-electron chi connectivity index (χ1n) is 8.97. The molecule has 1 saturated carbocycles. The van der Waals surface area contributed by atoms with Gasteiger partial charge in [-0.05, 0) is 31.4 Å². The summed E-state index contributed by atoms with van der Waals surface area (Å²) in [5.41, 5.74) is 0.842. The molecule has 1 aliphatic carbocycles. The zero-order valence-electron chi connectivity index (χ0n) is 15.3. The summed E-state index contributed by atoms with van der Waals surface area (Å²) in [5, 5.41) is 2.62. The zero-order valence-corrected chi connectivity index (χ0v) is 15.3. The number of carbonyl (C=O) groups is 3. The van der Waals surface area contributed by atoms with E-state index in [1.165, 1.54) is 19.1 Å². The van der Waals surface area contributed by atoms with E-state index in [1.54, 1.807) is 0 Å². The van der Waals surface area contributed by atoms with E-state index in [9.17, 15) is 14.4 Å². The fourth-order valence-corrected chi connectivity index (χ4v) is 3.29. The van der Waals surface area contributed by atoms with Crippen LogP contribution in [0.5, 0.6) is 11.5 Å². The van der Waals surface area contributed by atoms with Crippen molar-refractivity contribution in [2.45, 2.75) is 25.2 Å². The molecule has 2 aromatic carbocycles. The van der Waals surface area contributed by atoms with Crippen molar-refractivity contribution in [3.05, 3.63) is 53.6 Å². The zero-order chi connectivity index (χ0) is 19.7. The largest absolute Gasteiger partial charge is 0.455 e. The lowest BCUT2D eigenvalue weighted by atomic mass is 9.96. The number of anilines is 1. The van der Waals surface area contributed by atoms with E-state index in [0.717, 1.165) is 5.56 Å². The van der Waals surface area contributed by atoms with Gasteiger partial charge in [-0.3, -0.25) is 14.4 Å². The van der Waals surface area contributed by atoms with Crippen LogP contribution in [0.4, 0.5) is 5.69 Å². The molecule has 1 N–H and O–H groups in total. The molecule has 4 rings (SSSR count). The Morgan fingerprint density at radius 1 is 1.07 bits per heavy atom. The molecule has 0 bridgehead atoms. The van der Waals surface area contributed by atoms with Crippen LogP contribution in [0.3, 0.4) is 0 Å². The molecule has 1 aliphatic heterocycles. The molecule has 0 spiro atoms. The van der Waals surface area contributed by atoms with Gasteiger partial charge >= 0.3 is 5.97 Å². The third-order valence-corrected chi connectivity index (χ3v) is 4.97. The second-order valence-electron chi connectivity index (χ2n) is 6.88. The van der Waals surface area contributed by atoms with E-state index in [1.807, 2.05) is 30.3 Å². The van der Waals surface area contributed by atoms with Crippen molar-refractivity contribution in [2.75, 3.05) is 18.7 Å². The predicted molar refractivity (Wildman–Crippen MR) is 99.5 cm³/mol. The van der Waals surface area contributed by atoms with Crippen LogP contribution >= 0.6 is 0 Å². The predicted octanol–water partition coefficient (Wildman–Crippen LogP) is 2.83. The average Bonchev–Trinajstić information content (AvgIpc) is 3.38. The maximum absolute atomic E-state index is 12.5. The summed E-state index contributed by atoms with van der Waals surface area (Å²) in [7, 11) is 0. The van der Waals surface area contributed by atoms with Crippen molar-refractivity contribution in [1.29, 1.82) is 0 Å². The van der Waals surface area contributed by atoms with E-state index >= 15 is 0 Å². The number of carbonyl (C=O) groups excluding carboxylic acids is 3. The van der Waals surface area contributed by atoms with E-state index in [2.05, 4.69) is 5.32 Å². The van der Waals surface area contributed by atoms with E-state index in [-0.39, 0.29) is 12.6 Å². The second kappa shape index (κ2) is 6.99. The Morgan fingerprint density at radius 3 is 2.39 bits per heavy atom. The maximum Gasteiger partial charge on any atom is 0.317 e. The topological polar surface area (TPSA) is 90.9 Å². The van der Waals surface area contributed by atoms with Crippen LogP contribution < -0.4 is 14.8 Å². The van der Waals surface area contributed by atoms with Gasteiger partial charge in [0.25, 0.3) is 5.91 Å². The number of esters is 1. The first kappa shape index (κ1) is 18.0. The highest BCUT2D eigenvalue weighted by Crippen LogP contribution is 2.49. The normalized spacial score (nSPS) is 15.6. The van der Waals surface area contributed by atoms with Crippen molar-refractivity contribution in [1.82, 2.24) is 0 Å². The summed E-state index contributed by atoms with van der Waals surface area (Å²) in [5.74, 6) is -0.275. The smallest absolute Gasteiger partial charge is 0.317 e. The SMILES string of the molecule is CC(=O)c1cc2c(cc1NC(=O)COC(=O)C1(c3ccccc3)CC1)OCO2. The molecule has 0 saturated heterocycles. The van der Waals surface area contributed by atoms with Crippen molar-refractivity contribution >= 4 is 23.3 Å². The van der Waals surface area contributed by atoms with Gasteiger partial charge < -0.3 is 19.5 Å². The van der Waals surface area contributed by atoms with Crippen LogP contribution in [-0.4, -0.2) is 31.1 Å². The number of hydrogen-bond acceptors (Lipinski definition) is 6. The molecule has 1 fully saturated rings. The van der Waals surface area contributed by atoms with Crippen LogP contribution in [0, 0.1) is 0 Å². The molecule has 1 amide bonds. The van der Waals surface area contributed by atoms with Crippen LogP contribution in [-0.2, 0) is 19.7 Å². The van der Waals surface area contributed by atoms with Crippen molar-refractivity contribution < 1.29 is 28.6 Å². The molecule has 1 heterocycles. The molecule has 0 aromatic heterocycles. The lowest BCUT2D eigenvalue weighted by Crippen LogP contribution is -2.28. The molecule has 0 unspecified atom stereocenters. The monoisotopic (exact) mass is 381 g/mol. The molecule has 144 valence electrons. The second-order valence-corrected chi connectivity index (χ2v) is 6.88. The van der Waals surface area contributed by atoms with Crippen LogP contribution in [0.25, 0.3) is 0 Å². The minimum Gasteiger partial charge on any atom is -0.455 e. The van der Waals surface area contributed by atoms with Gasteiger partial charge in [-0.1, -0.05) is 30.3 Å². The third kappa shape index (κ3) is 3.31. The number of fused-ring (bicyclic) bond motifs is 1. The molecular formula is C21H19NO6. The molecule has 28 heavy (non-hydrogen) atoms. The molecule has 0 atom stereocenters. The summed E-state index contributed by atoms with van der Waals surface area (Å²) >= 11 is 0. The number of amides is 1. The summed E-state index contributed by atoms with van der Waals surface area (Å²) in [4.78, 5) is 36.7. The van der Waals surface area contributed by atoms with Gasteiger partial charge in [0.1, 0.15) is 0 Å². The first-order valence-corrected chi connectivity index (χ1v) is 8.97. The van der Waals surface area contributed by atoms with Gasteiger partial charge in [-0.25, -0.2) is 0 Å². The molecular weight excluding hydrogens is 362 g/mol. The average molecular weight is 381 g/mol. The van der Waals surface area contributed by atoms with Gasteiger partial charge in [0.15, 0.2) is 23.9 Å². The van der Waals surface area contributed by atoms with E-state index in [4.69, 9.17) is 14.2 Å². The Bertz CT molecular complexity index is 949. The van der Waals surface area contributed by atoms with Gasteiger partial charge in [0, 0.05) is 11.6 Å². The molecule has 2 aromatic rings. The Morgan fingerprint density at radius 2 is 1.75 bits per heavy atom. The fourth-order valence-electron chi connectivity index (χ4n) is 3.29. The number of Topliss-reactive ketones (excluding diaryl/α,β-unsaturated/α-hetero) is 1. The summed E-state index contributed by atoms with van der Waals surface area (Å²) < 4.78 is 15.8. The van der Waals surface area contributed by atoms with Crippen LogP contribution in [0.2, 0.25) is 0 Å². The lowest BCUT2D eigenvalue weighted by Gasteiger charge is -2.15. The Kier molecular flexibility index (Phi) is 4.50. The summed E-state index contributed by atoms with van der Waals surface area (Å²) in [6.07, 6.45) is 1.40. The Balaban J connectivity index is 1.42. The van der Waals surface area contributed by atoms with Crippen LogP contribution in [0.1, 0.15) is 35.7 Å². The van der Waals surface area contributed by atoms with Crippen molar-refractivity contribution in [2.24, 2.45) is 0 Å². The standard InChI is InChI=1S/C21H19NO6/c1-13(23)15-9-17-18(28-12-27-17)10-16(15)22-19(24)11-26-20(25)21(7-8-21)14-5-3-2-4-6-14/h2-6,9-10H,7-8,11-12H2,1H3,(H,22,24). The number of hydrogen-bond donors (Lipinski definition) is 1. The highest BCUT2D eigenvalue weighted by Gasteiger charge is 2.52. The quantitative estimate of drug-likeness (QED) is 0.611. The van der Waals surface area contributed by atoms with Gasteiger partial charge in [0.05, 0.1) is 11.1 Å². The summed E-state index contributed by atoms with van der Waals surface area (Å²) in [6.45, 7) is 1.02. The molecule has 2 aliphatic rings. The lowest BCUT2D eigenvalue weighted by molar-refractivity contribution is -0.150. The number of ether oxygens (including phenoxy) is 3. The maximum atomic E-state index is 12.5. The van der Waals surface area contributed by atoms with Gasteiger partial charge in [-0.15, -0.1) is 0 Å². The molecule has 7 heteroatoms. The third-order valence-electron chi connectivity index (χ3n) is 4.97. The van der Waals surface area contributed by atoms with Crippen LogP contribution in [0.15, 0.2) is 42.5 Å². The first-order chi connectivity index (χ1) is 13.5. The fraction of sp³-hybridized carbons (Fsp3) is 0.286. The van der Waals surface area contributed by atoms with Gasteiger partial charge in [-0.2, -0.15) is 0 Å². The minimum atomic E-state index is -0.648. The van der Waals surface area contributed by atoms with Crippen molar-refractivity contribution in [3.63, 3.8) is 0 Å². The highest BCUT2D eigenvalue weighted by molar-refractivity contribution is 6.05. The van der Waals surface area contributed by atoms with E-state index < -0.39 is 23.9 Å². The minimum absolute atomic E-state index is 0.0588. The van der Waals surface area contributed by atoms with Gasteiger partial charge in [0.2, 0.25) is 6.79 Å². The Hall–Kier alpha value is -3.35. The summed E-state index contributed by atoms with van der Waals surface area (Å²) in [6, 6.07) is 12.5. The number of ketones is 1. The molecule has 0 radical (unpaired) electrons. The van der Waals surface area contributed by atoms with Crippen molar-refractivity contribution in [3.8, 4) is 11.5 Å². The number of benzene rings is 2.